The molecular formula is C14H19N2O3. The third-order valence-electron chi connectivity index (χ3n) is 4.02. The van der Waals surface area contributed by atoms with E-state index < -0.39 is 11.1 Å². The van der Waals surface area contributed by atoms with Crippen molar-refractivity contribution in [3.05, 3.63) is 23.8 Å². The van der Waals surface area contributed by atoms with Gasteiger partial charge >= 0.3 is 0 Å². The van der Waals surface area contributed by atoms with Crippen LogP contribution in [0.25, 0.3) is 0 Å². The molecule has 103 valence electrons. The summed E-state index contributed by atoms with van der Waals surface area (Å²) in [6.45, 7) is 7.57. The topological polar surface area (TPSA) is 65.0 Å². The molecule has 0 unspecified atom stereocenters. The average Bonchev–Trinajstić information content (AvgIpc) is 2.49. The standard InChI is InChI=1S/C14H19N2O3/c1-13(2)14(3,4)16(18)12(15-13)9-6-7-11(19-5)10(17)8-9/h6-8,17H,1-5H3. The fourth-order valence-corrected chi connectivity index (χ4v) is 1.97. The monoisotopic (exact) mass is 263 g/mol. The van der Waals surface area contributed by atoms with Crippen LogP contribution in [-0.4, -0.2) is 34.2 Å². The Balaban J connectivity index is 2.46. The van der Waals surface area contributed by atoms with E-state index >= 15 is 0 Å². The molecule has 1 N–H and O–H groups in total. The fraction of sp³-hybridized carbons (Fsp3) is 0.500. The number of hydrogen-bond acceptors (Lipinski definition) is 4. The third kappa shape index (κ3) is 1.94. The Labute approximate surface area is 113 Å². The van der Waals surface area contributed by atoms with Crippen LogP contribution in [0.1, 0.15) is 33.3 Å². The van der Waals surface area contributed by atoms with Gasteiger partial charge in [0.1, 0.15) is 0 Å². The van der Waals surface area contributed by atoms with Gasteiger partial charge in [0.2, 0.25) is 0 Å². The Hall–Kier alpha value is -1.75. The summed E-state index contributed by atoms with van der Waals surface area (Å²) in [6.07, 6.45) is 0. The molecular weight excluding hydrogens is 244 g/mol. The molecule has 1 heterocycles. The minimum Gasteiger partial charge on any atom is -0.504 e. The highest BCUT2D eigenvalue weighted by atomic mass is 16.5. The number of aromatic hydroxyl groups is 1. The second-order valence-electron chi connectivity index (χ2n) is 5.73. The number of hydrogen-bond donors (Lipinski definition) is 1. The predicted octanol–water partition coefficient (Wildman–Crippen LogP) is 2.37. The smallest absolute Gasteiger partial charge is 0.160 e. The van der Waals surface area contributed by atoms with Crippen LogP contribution in [0.5, 0.6) is 11.5 Å². The number of ether oxygens (including phenoxy) is 1. The van der Waals surface area contributed by atoms with Crippen LogP contribution in [0, 0.1) is 0 Å². The zero-order valence-corrected chi connectivity index (χ0v) is 11.9. The highest BCUT2D eigenvalue weighted by molar-refractivity contribution is 6.00. The minimum absolute atomic E-state index is 0.00128. The number of nitrogens with zero attached hydrogens (tertiary/aromatic N) is 2. The van der Waals surface area contributed by atoms with E-state index in [1.165, 1.54) is 13.2 Å². The van der Waals surface area contributed by atoms with Gasteiger partial charge in [-0.3, -0.25) is 4.99 Å². The van der Waals surface area contributed by atoms with E-state index in [1.54, 1.807) is 12.1 Å². The third-order valence-corrected chi connectivity index (χ3v) is 4.02. The molecule has 1 aliphatic heterocycles. The lowest BCUT2D eigenvalue weighted by molar-refractivity contribution is -0.158. The highest BCUT2D eigenvalue weighted by Crippen LogP contribution is 2.39. The summed E-state index contributed by atoms with van der Waals surface area (Å²) < 4.78 is 4.99. The van der Waals surface area contributed by atoms with E-state index in [1.807, 2.05) is 27.7 Å². The van der Waals surface area contributed by atoms with Crippen molar-refractivity contribution in [3.63, 3.8) is 0 Å². The van der Waals surface area contributed by atoms with Gasteiger partial charge in [0, 0.05) is 5.56 Å². The van der Waals surface area contributed by atoms with Gasteiger partial charge in [-0.2, -0.15) is 5.06 Å². The Morgan fingerprint density at radius 1 is 1.26 bits per heavy atom. The Bertz CT molecular complexity index is 535. The number of aliphatic imine (C=N–C) groups is 1. The minimum atomic E-state index is -0.627. The largest absolute Gasteiger partial charge is 0.504 e. The van der Waals surface area contributed by atoms with E-state index in [2.05, 4.69) is 4.99 Å². The zero-order chi connectivity index (χ0) is 14.4. The van der Waals surface area contributed by atoms with Crippen molar-refractivity contribution in [1.29, 1.82) is 0 Å². The summed E-state index contributed by atoms with van der Waals surface area (Å²) in [5.74, 6) is 0.713. The highest BCUT2D eigenvalue weighted by Gasteiger charge is 2.50. The molecule has 2 rings (SSSR count). The van der Waals surface area contributed by atoms with Crippen molar-refractivity contribution in [3.8, 4) is 11.5 Å². The summed E-state index contributed by atoms with van der Waals surface area (Å²) in [6, 6.07) is 4.85. The van der Waals surface area contributed by atoms with Crippen LogP contribution < -0.4 is 4.74 Å². The Kier molecular flexibility index (Phi) is 2.97. The maximum Gasteiger partial charge on any atom is 0.160 e. The first-order valence-electron chi connectivity index (χ1n) is 6.15. The molecule has 1 aromatic rings. The molecule has 1 radical (unpaired) electrons. The second-order valence-corrected chi connectivity index (χ2v) is 5.73. The maximum atomic E-state index is 12.4. The van der Waals surface area contributed by atoms with Crippen LogP contribution in [0.2, 0.25) is 0 Å². The van der Waals surface area contributed by atoms with Gasteiger partial charge < -0.3 is 9.84 Å². The SMILES string of the molecule is COc1ccc(C2=NC(C)(C)C(C)(C)N2[O])cc1O. The van der Waals surface area contributed by atoms with E-state index in [4.69, 9.17) is 4.74 Å². The summed E-state index contributed by atoms with van der Waals surface area (Å²) in [7, 11) is 1.48. The molecule has 0 aliphatic carbocycles. The number of benzene rings is 1. The zero-order valence-electron chi connectivity index (χ0n) is 11.9. The summed E-state index contributed by atoms with van der Waals surface area (Å²) in [4.78, 5) is 4.50. The van der Waals surface area contributed by atoms with Gasteiger partial charge in [-0.05, 0) is 45.9 Å². The molecule has 1 aliphatic rings. The number of amidine groups is 1. The summed E-state index contributed by atoms with van der Waals surface area (Å²) in [5, 5.41) is 23.1. The van der Waals surface area contributed by atoms with Crippen molar-refractivity contribution < 1.29 is 15.1 Å². The molecule has 0 spiro atoms. The number of phenolic OH excluding ortho intramolecular Hbond substituents is 1. The van der Waals surface area contributed by atoms with Gasteiger partial charge in [-0.25, -0.2) is 0 Å². The lowest BCUT2D eigenvalue weighted by Gasteiger charge is -2.35. The first-order chi connectivity index (χ1) is 8.70. The summed E-state index contributed by atoms with van der Waals surface area (Å²) in [5.41, 5.74) is -0.524. The van der Waals surface area contributed by atoms with Crippen molar-refractivity contribution >= 4 is 5.84 Å². The molecule has 1 aromatic carbocycles. The summed E-state index contributed by atoms with van der Waals surface area (Å²) >= 11 is 0. The number of hydroxylamine groups is 2. The van der Waals surface area contributed by atoms with Crippen LogP contribution >= 0.6 is 0 Å². The second kappa shape index (κ2) is 4.13. The Morgan fingerprint density at radius 2 is 1.89 bits per heavy atom. The molecule has 0 fully saturated rings. The van der Waals surface area contributed by atoms with Gasteiger partial charge in [-0.15, -0.1) is 0 Å². The average molecular weight is 263 g/mol. The lowest BCUT2D eigenvalue weighted by Crippen LogP contribution is -2.50. The Morgan fingerprint density at radius 3 is 2.32 bits per heavy atom. The van der Waals surface area contributed by atoms with Crippen molar-refractivity contribution in [2.75, 3.05) is 7.11 Å². The normalized spacial score (nSPS) is 20.3. The van der Waals surface area contributed by atoms with E-state index in [-0.39, 0.29) is 5.75 Å². The van der Waals surface area contributed by atoms with Gasteiger partial charge in [0.25, 0.3) is 0 Å². The fourth-order valence-electron chi connectivity index (χ4n) is 1.97. The van der Waals surface area contributed by atoms with Crippen molar-refractivity contribution in [1.82, 2.24) is 5.06 Å². The first kappa shape index (κ1) is 13.7. The number of phenols is 1. The van der Waals surface area contributed by atoms with Gasteiger partial charge in [0.15, 0.2) is 17.3 Å². The molecule has 19 heavy (non-hydrogen) atoms. The van der Waals surface area contributed by atoms with Crippen LogP contribution in [-0.2, 0) is 5.21 Å². The molecule has 0 aromatic heterocycles. The quantitative estimate of drug-likeness (QED) is 0.890. The van der Waals surface area contributed by atoms with Crippen LogP contribution in [0.3, 0.4) is 0 Å². The molecule has 0 saturated carbocycles. The molecule has 0 amide bonds. The first-order valence-corrected chi connectivity index (χ1v) is 6.15. The van der Waals surface area contributed by atoms with Gasteiger partial charge in [0.05, 0.1) is 18.2 Å². The van der Waals surface area contributed by atoms with Crippen molar-refractivity contribution in [2.24, 2.45) is 4.99 Å². The van der Waals surface area contributed by atoms with E-state index in [0.29, 0.717) is 17.1 Å². The number of rotatable bonds is 2. The molecule has 5 heteroatoms. The maximum absolute atomic E-state index is 12.4. The van der Waals surface area contributed by atoms with E-state index in [9.17, 15) is 10.3 Å². The molecule has 0 atom stereocenters. The van der Waals surface area contributed by atoms with Crippen LogP contribution in [0.4, 0.5) is 0 Å². The molecule has 5 nitrogen and oxygen atoms in total. The van der Waals surface area contributed by atoms with Crippen molar-refractivity contribution in [2.45, 2.75) is 38.8 Å². The predicted molar refractivity (Wildman–Crippen MR) is 71.9 cm³/mol. The molecule has 0 saturated heterocycles. The van der Waals surface area contributed by atoms with E-state index in [0.717, 1.165) is 5.06 Å². The number of methoxy groups -OCH3 is 1. The van der Waals surface area contributed by atoms with Crippen LogP contribution in [0.15, 0.2) is 23.2 Å². The molecule has 0 bridgehead atoms. The lowest BCUT2D eigenvalue weighted by atomic mass is 9.84. The van der Waals surface area contributed by atoms with Gasteiger partial charge in [-0.1, -0.05) is 5.21 Å².